The molecule has 3 amide bonds. The lowest BCUT2D eigenvalue weighted by molar-refractivity contribution is 0.0955. The fourth-order valence-electron chi connectivity index (χ4n) is 3.37. The minimum Gasteiger partial charge on any atom is -0.352 e. The Bertz CT molecular complexity index is 1050. The highest BCUT2D eigenvalue weighted by Gasteiger charge is 2.28. The average molecular weight is 431 g/mol. The predicted molar refractivity (Wildman–Crippen MR) is 117 cm³/mol. The lowest BCUT2D eigenvalue weighted by Crippen LogP contribution is -2.38. The van der Waals surface area contributed by atoms with Crippen LogP contribution in [-0.4, -0.2) is 45.7 Å². The van der Waals surface area contributed by atoms with Crippen LogP contribution in [0.3, 0.4) is 0 Å². The SMILES string of the molecule is CCNC(=O)c1ccc(NC(=O)NCCS(=O)(=O)N2CCc3ccccc32)c(C)c1. The Balaban J connectivity index is 1.53. The average Bonchev–Trinajstić information content (AvgIpc) is 3.14. The maximum atomic E-state index is 12.7. The molecule has 0 radical (unpaired) electrons. The molecule has 2 aromatic rings. The summed E-state index contributed by atoms with van der Waals surface area (Å²) < 4.78 is 26.7. The molecular weight excluding hydrogens is 404 g/mol. The Labute approximate surface area is 176 Å². The molecule has 0 atom stereocenters. The number of sulfonamides is 1. The molecule has 0 aliphatic carbocycles. The van der Waals surface area contributed by atoms with Gasteiger partial charge < -0.3 is 16.0 Å². The zero-order valence-electron chi connectivity index (χ0n) is 17.1. The minimum atomic E-state index is -3.52. The maximum Gasteiger partial charge on any atom is 0.319 e. The van der Waals surface area contributed by atoms with Gasteiger partial charge in [-0.25, -0.2) is 13.2 Å². The van der Waals surface area contributed by atoms with E-state index in [1.165, 1.54) is 4.31 Å². The predicted octanol–water partition coefficient (Wildman–Crippen LogP) is 2.26. The van der Waals surface area contributed by atoms with Crippen molar-refractivity contribution in [2.45, 2.75) is 20.3 Å². The number of carbonyl (C=O) groups excluding carboxylic acids is 2. The number of hydrogen-bond donors (Lipinski definition) is 3. The summed E-state index contributed by atoms with van der Waals surface area (Å²) in [7, 11) is -3.52. The quantitative estimate of drug-likeness (QED) is 0.626. The molecule has 2 aromatic carbocycles. The summed E-state index contributed by atoms with van der Waals surface area (Å²) in [4.78, 5) is 24.1. The van der Waals surface area contributed by atoms with Crippen LogP contribution in [0.4, 0.5) is 16.2 Å². The molecular formula is C21H26N4O4S. The Morgan fingerprint density at radius 3 is 2.60 bits per heavy atom. The molecule has 1 aliphatic rings. The summed E-state index contributed by atoms with van der Waals surface area (Å²) >= 11 is 0. The molecule has 1 heterocycles. The number of anilines is 2. The maximum absolute atomic E-state index is 12.7. The number of nitrogens with zero attached hydrogens (tertiary/aromatic N) is 1. The Morgan fingerprint density at radius 2 is 1.87 bits per heavy atom. The van der Waals surface area contributed by atoms with Crippen molar-refractivity contribution in [3.63, 3.8) is 0 Å². The molecule has 3 N–H and O–H groups in total. The van der Waals surface area contributed by atoms with E-state index in [1.54, 1.807) is 31.2 Å². The molecule has 0 unspecified atom stereocenters. The van der Waals surface area contributed by atoms with E-state index >= 15 is 0 Å². The Hall–Kier alpha value is -3.07. The van der Waals surface area contributed by atoms with Crippen molar-refractivity contribution in [1.29, 1.82) is 0 Å². The molecule has 0 fully saturated rings. The van der Waals surface area contributed by atoms with Crippen molar-refractivity contribution >= 4 is 33.3 Å². The van der Waals surface area contributed by atoms with Crippen LogP contribution in [0, 0.1) is 6.92 Å². The second-order valence-electron chi connectivity index (χ2n) is 7.04. The van der Waals surface area contributed by atoms with Crippen molar-refractivity contribution in [3.8, 4) is 0 Å². The number of urea groups is 1. The topological polar surface area (TPSA) is 108 Å². The van der Waals surface area contributed by atoms with Gasteiger partial charge in [0.25, 0.3) is 5.91 Å². The third-order valence-corrected chi connectivity index (χ3v) is 6.67. The van der Waals surface area contributed by atoms with Gasteiger partial charge in [0.15, 0.2) is 0 Å². The van der Waals surface area contributed by atoms with Crippen molar-refractivity contribution < 1.29 is 18.0 Å². The van der Waals surface area contributed by atoms with Crippen molar-refractivity contribution in [1.82, 2.24) is 10.6 Å². The standard InChI is InChI=1S/C21H26N4O4S/c1-3-22-20(26)17-8-9-18(15(2)14-17)24-21(27)23-11-13-30(28,29)25-12-10-16-6-4-5-7-19(16)25/h4-9,14H,3,10-13H2,1-2H3,(H,22,26)(H2,23,24,27). The monoisotopic (exact) mass is 430 g/mol. The molecule has 0 bridgehead atoms. The number of amides is 3. The normalized spacial score (nSPS) is 12.9. The molecule has 30 heavy (non-hydrogen) atoms. The smallest absolute Gasteiger partial charge is 0.319 e. The van der Waals surface area contributed by atoms with Crippen LogP contribution in [0.5, 0.6) is 0 Å². The van der Waals surface area contributed by atoms with E-state index in [9.17, 15) is 18.0 Å². The highest BCUT2D eigenvalue weighted by atomic mass is 32.2. The number of rotatable bonds is 7. The van der Waals surface area contributed by atoms with E-state index in [-0.39, 0.29) is 18.2 Å². The van der Waals surface area contributed by atoms with Gasteiger partial charge in [-0.05, 0) is 55.7 Å². The van der Waals surface area contributed by atoms with Gasteiger partial charge >= 0.3 is 6.03 Å². The number of fused-ring (bicyclic) bond motifs is 1. The van der Waals surface area contributed by atoms with Crippen LogP contribution in [-0.2, 0) is 16.4 Å². The van der Waals surface area contributed by atoms with Gasteiger partial charge in [-0.2, -0.15) is 0 Å². The molecule has 0 spiro atoms. The third kappa shape index (κ3) is 4.91. The third-order valence-electron chi connectivity index (χ3n) is 4.90. The van der Waals surface area contributed by atoms with E-state index < -0.39 is 16.1 Å². The van der Waals surface area contributed by atoms with Gasteiger partial charge in [-0.3, -0.25) is 9.10 Å². The molecule has 0 saturated carbocycles. The lowest BCUT2D eigenvalue weighted by Gasteiger charge is -2.19. The van der Waals surface area contributed by atoms with Gasteiger partial charge in [0.2, 0.25) is 10.0 Å². The van der Waals surface area contributed by atoms with E-state index in [2.05, 4.69) is 16.0 Å². The second kappa shape index (κ2) is 9.17. The van der Waals surface area contributed by atoms with E-state index in [0.717, 1.165) is 11.1 Å². The molecule has 8 nitrogen and oxygen atoms in total. The summed E-state index contributed by atoms with van der Waals surface area (Å²) in [6.45, 7) is 4.57. The fourth-order valence-corrected chi connectivity index (χ4v) is 4.80. The van der Waals surface area contributed by atoms with E-state index in [0.29, 0.717) is 36.4 Å². The number of hydrogen-bond acceptors (Lipinski definition) is 4. The second-order valence-corrected chi connectivity index (χ2v) is 9.05. The van der Waals surface area contributed by atoms with Crippen molar-refractivity contribution in [3.05, 3.63) is 59.2 Å². The molecule has 9 heteroatoms. The van der Waals surface area contributed by atoms with Crippen LogP contribution >= 0.6 is 0 Å². The largest absolute Gasteiger partial charge is 0.352 e. The highest BCUT2D eigenvalue weighted by molar-refractivity contribution is 7.92. The number of nitrogens with one attached hydrogen (secondary N) is 3. The first-order chi connectivity index (χ1) is 14.3. The van der Waals surface area contributed by atoms with Gasteiger partial charge in [0, 0.05) is 30.9 Å². The molecule has 160 valence electrons. The lowest BCUT2D eigenvalue weighted by atomic mass is 10.1. The first kappa shape index (κ1) is 21.6. The molecule has 0 aromatic heterocycles. The Kier molecular flexibility index (Phi) is 6.61. The Morgan fingerprint density at radius 1 is 1.10 bits per heavy atom. The molecule has 3 rings (SSSR count). The summed E-state index contributed by atoms with van der Waals surface area (Å²) in [5.74, 6) is -0.366. The van der Waals surface area contributed by atoms with E-state index in [4.69, 9.17) is 0 Å². The van der Waals surface area contributed by atoms with Gasteiger partial charge in [-0.15, -0.1) is 0 Å². The zero-order chi connectivity index (χ0) is 21.7. The van der Waals surface area contributed by atoms with Gasteiger partial charge in [-0.1, -0.05) is 18.2 Å². The minimum absolute atomic E-state index is 0.0110. The summed E-state index contributed by atoms with van der Waals surface area (Å²) in [6.07, 6.45) is 0.689. The van der Waals surface area contributed by atoms with Crippen LogP contribution in [0.15, 0.2) is 42.5 Å². The van der Waals surface area contributed by atoms with Crippen molar-refractivity contribution in [2.24, 2.45) is 0 Å². The number of carbonyl (C=O) groups is 2. The van der Waals surface area contributed by atoms with Crippen molar-refractivity contribution in [2.75, 3.05) is 35.0 Å². The number of benzene rings is 2. The molecule has 1 aliphatic heterocycles. The summed E-state index contributed by atoms with van der Waals surface area (Å²) in [5, 5.41) is 8.00. The fraction of sp³-hybridized carbons (Fsp3) is 0.333. The highest BCUT2D eigenvalue weighted by Crippen LogP contribution is 2.29. The molecule has 0 saturated heterocycles. The number of para-hydroxylation sites is 1. The first-order valence-corrected chi connectivity index (χ1v) is 11.4. The van der Waals surface area contributed by atoms with Crippen LogP contribution in [0.2, 0.25) is 0 Å². The first-order valence-electron chi connectivity index (χ1n) is 9.84. The van der Waals surface area contributed by atoms with Crippen LogP contribution in [0.1, 0.15) is 28.4 Å². The zero-order valence-corrected chi connectivity index (χ0v) is 17.9. The summed E-state index contributed by atoms with van der Waals surface area (Å²) in [5.41, 5.74) is 3.52. The van der Waals surface area contributed by atoms with Crippen LogP contribution < -0.4 is 20.3 Å². The van der Waals surface area contributed by atoms with Crippen LogP contribution in [0.25, 0.3) is 0 Å². The number of aryl methyl sites for hydroxylation is 1. The van der Waals surface area contributed by atoms with Gasteiger partial charge in [0.05, 0.1) is 11.4 Å². The summed E-state index contributed by atoms with van der Waals surface area (Å²) in [6, 6.07) is 11.9. The van der Waals surface area contributed by atoms with Gasteiger partial charge in [0.1, 0.15) is 0 Å². The van der Waals surface area contributed by atoms with E-state index in [1.807, 2.05) is 25.1 Å².